The van der Waals surface area contributed by atoms with E-state index >= 15 is 0 Å². The molecule has 1 fully saturated rings. The number of fused-ring (bicyclic) bond motifs is 1. The van der Waals surface area contributed by atoms with Crippen molar-refractivity contribution in [2.75, 3.05) is 5.32 Å². The molecule has 0 saturated heterocycles. The predicted molar refractivity (Wildman–Crippen MR) is 128 cm³/mol. The van der Waals surface area contributed by atoms with E-state index in [-0.39, 0.29) is 11.2 Å². The molecule has 3 aromatic rings. The highest BCUT2D eigenvalue weighted by molar-refractivity contribution is 6.37. The molecule has 3 heterocycles. The molecule has 7 nitrogen and oxygen atoms in total. The summed E-state index contributed by atoms with van der Waals surface area (Å²) in [4.78, 5) is 29.3. The lowest BCUT2D eigenvalue weighted by atomic mass is 9.79. The number of carbonyl (C=O) groups is 2. The van der Waals surface area contributed by atoms with Gasteiger partial charge in [-0.05, 0) is 42.9 Å². The first-order valence-corrected chi connectivity index (χ1v) is 11.4. The normalized spacial score (nSPS) is 23.1. The van der Waals surface area contributed by atoms with Crippen molar-refractivity contribution in [1.82, 2.24) is 19.2 Å². The second kappa shape index (κ2) is 7.42. The minimum atomic E-state index is -1.33. The molecule has 1 atom stereocenters. The molecule has 170 valence electrons. The van der Waals surface area contributed by atoms with E-state index in [4.69, 9.17) is 11.6 Å². The number of pyridine rings is 1. The molecule has 0 aliphatic heterocycles. The first kappa shape index (κ1) is 21.6. The molecular weight excluding hydrogens is 438 g/mol. The second-order valence-corrected chi connectivity index (χ2v) is 10.2. The number of rotatable bonds is 4. The Morgan fingerprint density at radius 3 is 2.64 bits per heavy atom. The quantitative estimate of drug-likeness (QED) is 0.261. The van der Waals surface area contributed by atoms with E-state index in [1.165, 1.54) is 5.57 Å². The van der Waals surface area contributed by atoms with Gasteiger partial charge in [-0.15, -0.1) is 0 Å². The van der Waals surface area contributed by atoms with Crippen molar-refractivity contribution >= 4 is 35.0 Å². The van der Waals surface area contributed by atoms with Crippen LogP contribution in [-0.4, -0.2) is 36.8 Å². The molecule has 0 aromatic carbocycles. The summed E-state index contributed by atoms with van der Waals surface area (Å²) in [6.45, 7) is 6.60. The van der Waals surface area contributed by atoms with Crippen LogP contribution in [0.15, 0.2) is 53.5 Å². The van der Waals surface area contributed by atoms with E-state index < -0.39 is 5.54 Å². The lowest BCUT2D eigenvalue weighted by Crippen LogP contribution is -2.28. The summed E-state index contributed by atoms with van der Waals surface area (Å²) >= 11 is 6.43. The summed E-state index contributed by atoms with van der Waals surface area (Å²) in [6, 6.07) is 5.35. The van der Waals surface area contributed by atoms with Crippen LogP contribution >= 0.6 is 11.6 Å². The van der Waals surface area contributed by atoms with Crippen molar-refractivity contribution in [2.45, 2.75) is 45.6 Å². The van der Waals surface area contributed by atoms with Crippen LogP contribution in [0.2, 0.25) is 5.02 Å². The van der Waals surface area contributed by atoms with E-state index in [9.17, 15) is 9.59 Å². The van der Waals surface area contributed by atoms with Gasteiger partial charge in [0.25, 0.3) is 0 Å². The third-order valence-corrected chi connectivity index (χ3v) is 7.00. The van der Waals surface area contributed by atoms with Gasteiger partial charge in [-0.3, -0.25) is 9.59 Å². The number of nitrogens with one attached hydrogen (secondary N) is 1. The lowest BCUT2D eigenvalue weighted by molar-refractivity contribution is -0.115. The predicted octanol–water partition coefficient (Wildman–Crippen LogP) is 4.77. The Morgan fingerprint density at radius 1 is 1.24 bits per heavy atom. The average Bonchev–Trinajstić information content (AvgIpc) is 3.11. The first-order valence-electron chi connectivity index (χ1n) is 11.0. The zero-order valence-electron chi connectivity index (χ0n) is 19.1. The van der Waals surface area contributed by atoms with E-state index in [0.717, 1.165) is 24.1 Å². The van der Waals surface area contributed by atoms with Crippen LogP contribution in [0, 0.1) is 5.41 Å². The summed E-state index contributed by atoms with van der Waals surface area (Å²) in [5.41, 5.74) is 4.00. The number of halogens is 1. The molecule has 3 aromatic heterocycles. The van der Waals surface area contributed by atoms with Crippen molar-refractivity contribution in [3.63, 3.8) is 0 Å². The number of ketones is 1. The number of hydrogen-bond acceptors (Lipinski definition) is 5. The number of allylic oxidation sites excluding steroid dienone is 3. The fraction of sp³-hybridized carbons (Fsp3) is 0.360. The van der Waals surface area contributed by atoms with E-state index in [1.54, 1.807) is 29.2 Å². The maximum absolute atomic E-state index is 13.0. The minimum Gasteiger partial charge on any atom is -0.348 e. The van der Waals surface area contributed by atoms with Crippen molar-refractivity contribution in [2.24, 2.45) is 12.5 Å². The van der Waals surface area contributed by atoms with Gasteiger partial charge >= 0.3 is 0 Å². The molecule has 2 aliphatic rings. The maximum atomic E-state index is 13.0. The highest BCUT2D eigenvalue weighted by atomic mass is 35.5. The van der Waals surface area contributed by atoms with Crippen molar-refractivity contribution in [3.05, 3.63) is 58.5 Å². The highest BCUT2D eigenvalue weighted by Gasteiger charge is 2.62. The monoisotopic (exact) mass is 463 g/mol. The Balaban J connectivity index is 1.52. The summed E-state index contributed by atoms with van der Waals surface area (Å²) in [5, 5.41) is 8.39. The van der Waals surface area contributed by atoms with Crippen LogP contribution in [0.4, 0.5) is 5.82 Å². The summed E-state index contributed by atoms with van der Waals surface area (Å²) < 4.78 is 3.51. The zero-order chi connectivity index (χ0) is 23.5. The van der Waals surface area contributed by atoms with E-state index in [0.29, 0.717) is 40.3 Å². The summed E-state index contributed by atoms with van der Waals surface area (Å²) in [5.74, 6) is 0.364. The maximum Gasteiger partial charge on any atom is 0.199 e. The summed E-state index contributed by atoms with van der Waals surface area (Å²) in [7, 11) is 1.89. The Bertz CT molecular complexity index is 1370. The Labute approximate surface area is 197 Å². The lowest BCUT2D eigenvalue weighted by Gasteiger charge is -2.27. The minimum absolute atomic E-state index is 0.115. The van der Waals surface area contributed by atoms with Gasteiger partial charge in [-0.25, -0.2) is 9.50 Å². The third kappa shape index (κ3) is 3.42. The first-order chi connectivity index (χ1) is 15.7. The number of anilines is 1. The molecular formula is C25H26ClN5O2. The molecule has 33 heavy (non-hydrogen) atoms. The molecule has 0 radical (unpaired) electrons. The molecule has 1 N–H and O–H groups in total. The van der Waals surface area contributed by atoms with Gasteiger partial charge in [0.1, 0.15) is 11.5 Å². The van der Waals surface area contributed by atoms with Gasteiger partial charge in [0.05, 0.1) is 28.8 Å². The van der Waals surface area contributed by atoms with Gasteiger partial charge in [0.2, 0.25) is 0 Å². The molecule has 5 rings (SSSR count). The Hall–Kier alpha value is -3.19. The number of aromatic nitrogens is 4. The van der Waals surface area contributed by atoms with Crippen molar-refractivity contribution < 1.29 is 9.59 Å². The fourth-order valence-corrected chi connectivity index (χ4v) is 4.88. The molecule has 0 amide bonds. The molecule has 8 heteroatoms. The van der Waals surface area contributed by atoms with Crippen LogP contribution in [0.3, 0.4) is 0 Å². The number of aldehydes is 1. The average molecular weight is 464 g/mol. The van der Waals surface area contributed by atoms with Gasteiger partial charge in [-0.1, -0.05) is 49.6 Å². The van der Waals surface area contributed by atoms with Crippen molar-refractivity contribution in [1.29, 1.82) is 0 Å². The standard InChI is InChI=1S/C25H26ClN5O2/c1-24(2,3)16-7-5-15(6-8-16)22-23(33)25(22,13-32)28-21-10-9-17(26)19-11-18(29-31(19)21)20-12-27-14-30(20)4/h7,9-14,28H,5-6,8H2,1-4H3. The van der Waals surface area contributed by atoms with Crippen LogP contribution in [0.5, 0.6) is 0 Å². The van der Waals surface area contributed by atoms with Crippen LogP contribution in [-0.2, 0) is 16.6 Å². The number of Topliss-reactive ketones (excluding diaryl/α,β-unsaturated/α-hetero) is 1. The zero-order valence-corrected chi connectivity index (χ0v) is 19.9. The number of imidazole rings is 1. The van der Waals surface area contributed by atoms with Gasteiger partial charge in [-0.2, -0.15) is 5.10 Å². The SMILES string of the molecule is Cn1cncc1-c1cc2c(Cl)ccc(NC3(C=O)C(=O)C3=C3CC=C(C(C)(C)C)CC3)n2n1. The van der Waals surface area contributed by atoms with Crippen LogP contribution in [0.1, 0.15) is 40.0 Å². The molecule has 0 bridgehead atoms. The largest absolute Gasteiger partial charge is 0.348 e. The van der Waals surface area contributed by atoms with Gasteiger partial charge in [0.15, 0.2) is 17.6 Å². The van der Waals surface area contributed by atoms with Crippen molar-refractivity contribution in [3.8, 4) is 11.4 Å². The molecule has 1 saturated carbocycles. The number of nitrogens with zero attached hydrogens (tertiary/aromatic N) is 4. The summed E-state index contributed by atoms with van der Waals surface area (Å²) in [6.07, 6.45) is 8.76. The topological polar surface area (TPSA) is 81.3 Å². The fourth-order valence-electron chi connectivity index (χ4n) is 4.69. The van der Waals surface area contributed by atoms with Crippen LogP contribution < -0.4 is 5.32 Å². The number of hydrogen-bond donors (Lipinski definition) is 1. The molecule has 2 aliphatic carbocycles. The number of aryl methyl sites for hydroxylation is 1. The number of carbonyl (C=O) groups excluding carboxylic acids is 2. The Kier molecular flexibility index (Phi) is 4.86. The second-order valence-electron chi connectivity index (χ2n) is 9.82. The smallest absolute Gasteiger partial charge is 0.199 e. The van der Waals surface area contributed by atoms with E-state index in [1.807, 2.05) is 17.7 Å². The Morgan fingerprint density at radius 2 is 2.03 bits per heavy atom. The van der Waals surface area contributed by atoms with Gasteiger partial charge in [0, 0.05) is 12.6 Å². The molecule has 1 unspecified atom stereocenters. The molecule has 0 spiro atoms. The van der Waals surface area contributed by atoms with E-state index in [2.05, 4.69) is 42.2 Å². The van der Waals surface area contributed by atoms with Crippen LogP contribution in [0.25, 0.3) is 16.9 Å². The highest BCUT2D eigenvalue weighted by Crippen LogP contribution is 2.46. The van der Waals surface area contributed by atoms with Gasteiger partial charge < -0.3 is 9.88 Å². The third-order valence-electron chi connectivity index (χ3n) is 6.68.